The summed E-state index contributed by atoms with van der Waals surface area (Å²) in [6.45, 7) is 1.55. The summed E-state index contributed by atoms with van der Waals surface area (Å²) in [6.07, 6.45) is 0. The van der Waals surface area contributed by atoms with Crippen LogP contribution in [0.5, 0.6) is 0 Å². The molecule has 0 atom stereocenters. The van der Waals surface area contributed by atoms with Gasteiger partial charge < -0.3 is 5.32 Å². The molecule has 0 aromatic heterocycles. The van der Waals surface area contributed by atoms with E-state index in [0.29, 0.717) is 11.3 Å². The molecule has 5 heteroatoms. The van der Waals surface area contributed by atoms with Crippen LogP contribution in [-0.2, 0) is 0 Å². The van der Waals surface area contributed by atoms with Gasteiger partial charge in [0.05, 0.1) is 11.6 Å². The van der Waals surface area contributed by atoms with Crippen LogP contribution in [-0.4, -0.2) is 0 Å². The molecule has 0 bridgehead atoms. The average Bonchev–Trinajstić information content (AvgIpc) is 2.37. The minimum absolute atomic E-state index is 0.101. The normalized spacial score (nSPS) is 10.1. The van der Waals surface area contributed by atoms with E-state index in [0.717, 1.165) is 12.1 Å². The van der Waals surface area contributed by atoms with E-state index in [9.17, 15) is 13.2 Å². The molecule has 0 aliphatic carbocycles. The maximum atomic E-state index is 13.6. The number of aryl methyl sites for hydroxylation is 1. The molecular weight excluding hydrogens is 253 g/mol. The van der Waals surface area contributed by atoms with Gasteiger partial charge in [-0.25, -0.2) is 13.2 Å². The zero-order chi connectivity index (χ0) is 14.0. The minimum atomic E-state index is -0.876. The van der Waals surface area contributed by atoms with Crippen molar-refractivity contribution in [1.82, 2.24) is 0 Å². The van der Waals surface area contributed by atoms with Gasteiger partial charge >= 0.3 is 0 Å². The van der Waals surface area contributed by atoms with Crippen LogP contribution < -0.4 is 5.32 Å². The molecule has 2 aromatic carbocycles. The summed E-state index contributed by atoms with van der Waals surface area (Å²) in [7, 11) is 0. The second kappa shape index (κ2) is 5.02. The number of nitrogens with zero attached hydrogens (tertiary/aromatic N) is 1. The van der Waals surface area contributed by atoms with Gasteiger partial charge in [0, 0.05) is 5.69 Å². The molecule has 19 heavy (non-hydrogen) atoms. The minimum Gasteiger partial charge on any atom is -0.351 e. The van der Waals surface area contributed by atoms with E-state index >= 15 is 0 Å². The lowest BCUT2D eigenvalue weighted by Gasteiger charge is -2.10. The molecule has 2 rings (SSSR count). The first-order valence-corrected chi connectivity index (χ1v) is 5.43. The van der Waals surface area contributed by atoms with E-state index in [1.165, 1.54) is 18.2 Å². The van der Waals surface area contributed by atoms with Gasteiger partial charge in [-0.2, -0.15) is 5.26 Å². The highest BCUT2D eigenvalue weighted by Crippen LogP contribution is 2.25. The molecular formula is C14H9F3N2. The van der Waals surface area contributed by atoms with Crippen LogP contribution in [0, 0.1) is 35.7 Å². The van der Waals surface area contributed by atoms with Crippen molar-refractivity contribution in [3.05, 3.63) is 58.9 Å². The predicted octanol–water partition coefficient (Wildman–Crippen LogP) is 4.03. The fourth-order valence-corrected chi connectivity index (χ4v) is 1.62. The SMILES string of the molecule is Cc1cc(Nc2c(F)cc(C#N)cc2F)ccc1F. The maximum Gasteiger partial charge on any atom is 0.150 e. The number of nitriles is 1. The molecule has 0 radical (unpaired) electrons. The second-order valence-electron chi connectivity index (χ2n) is 4.02. The fraction of sp³-hybridized carbons (Fsp3) is 0.0714. The molecule has 0 unspecified atom stereocenters. The summed E-state index contributed by atoms with van der Waals surface area (Å²) >= 11 is 0. The Labute approximate surface area is 108 Å². The van der Waals surface area contributed by atoms with Crippen LogP contribution >= 0.6 is 0 Å². The predicted molar refractivity (Wildman–Crippen MR) is 65.5 cm³/mol. The molecule has 0 aliphatic rings. The van der Waals surface area contributed by atoms with E-state index in [1.54, 1.807) is 13.0 Å². The van der Waals surface area contributed by atoms with E-state index in [1.807, 2.05) is 0 Å². The van der Waals surface area contributed by atoms with Gasteiger partial charge in [-0.05, 0) is 42.8 Å². The van der Waals surface area contributed by atoms with Crippen molar-refractivity contribution in [2.75, 3.05) is 5.32 Å². The molecule has 0 saturated carbocycles. The van der Waals surface area contributed by atoms with Gasteiger partial charge in [0.25, 0.3) is 0 Å². The Balaban J connectivity index is 2.38. The van der Waals surface area contributed by atoms with Gasteiger partial charge in [0.2, 0.25) is 0 Å². The summed E-state index contributed by atoms with van der Waals surface area (Å²) < 4.78 is 40.4. The van der Waals surface area contributed by atoms with E-state index in [-0.39, 0.29) is 11.3 Å². The maximum absolute atomic E-state index is 13.6. The van der Waals surface area contributed by atoms with Gasteiger partial charge in [0.15, 0.2) is 11.6 Å². The van der Waals surface area contributed by atoms with Crippen molar-refractivity contribution in [1.29, 1.82) is 5.26 Å². The third-order valence-electron chi connectivity index (χ3n) is 2.60. The highest BCUT2D eigenvalue weighted by molar-refractivity contribution is 5.62. The van der Waals surface area contributed by atoms with Gasteiger partial charge in [0.1, 0.15) is 11.5 Å². The van der Waals surface area contributed by atoms with Gasteiger partial charge in [-0.3, -0.25) is 0 Å². The lowest BCUT2D eigenvalue weighted by atomic mass is 10.1. The Morgan fingerprint density at radius 1 is 1.00 bits per heavy atom. The Bertz CT molecular complexity index is 652. The second-order valence-corrected chi connectivity index (χ2v) is 4.02. The third-order valence-corrected chi connectivity index (χ3v) is 2.60. The van der Waals surface area contributed by atoms with Crippen molar-refractivity contribution in [3.8, 4) is 6.07 Å². The highest BCUT2D eigenvalue weighted by Gasteiger charge is 2.12. The number of hydrogen-bond acceptors (Lipinski definition) is 2. The molecule has 1 N–H and O–H groups in total. The zero-order valence-corrected chi connectivity index (χ0v) is 9.97. The first-order valence-electron chi connectivity index (χ1n) is 5.43. The Hall–Kier alpha value is -2.48. The van der Waals surface area contributed by atoms with Crippen LogP contribution in [0.2, 0.25) is 0 Å². The van der Waals surface area contributed by atoms with Crippen molar-refractivity contribution in [2.45, 2.75) is 6.92 Å². The number of anilines is 2. The number of nitrogens with one attached hydrogen (secondary N) is 1. The quantitative estimate of drug-likeness (QED) is 0.887. The van der Waals surface area contributed by atoms with E-state index in [2.05, 4.69) is 5.32 Å². The Kier molecular flexibility index (Phi) is 3.43. The molecule has 0 saturated heterocycles. The standard InChI is InChI=1S/C14H9F3N2/c1-8-4-10(2-3-11(8)15)19-14-12(16)5-9(7-18)6-13(14)17/h2-6,19H,1H3. The smallest absolute Gasteiger partial charge is 0.150 e. The summed E-state index contributed by atoms with van der Waals surface area (Å²) in [6, 6.07) is 7.54. The van der Waals surface area contributed by atoms with Crippen molar-refractivity contribution < 1.29 is 13.2 Å². The highest BCUT2D eigenvalue weighted by atomic mass is 19.1. The monoisotopic (exact) mass is 262 g/mol. The molecule has 2 aromatic rings. The van der Waals surface area contributed by atoms with E-state index in [4.69, 9.17) is 5.26 Å². The lowest BCUT2D eigenvalue weighted by molar-refractivity contribution is 0.590. The summed E-state index contributed by atoms with van der Waals surface area (Å²) in [5.74, 6) is -2.15. The summed E-state index contributed by atoms with van der Waals surface area (Å²) in [5.41, 5.74) is 0.252. The fourth-order valence-electron chi connectivity index (χ4n) is 1.62. The Morgan fingerprint density at radius 3 is 2.16 bits per heavy atom. The molecule has 0 amide bonds. The number of halogens is 3. The topological polar surface area (TPSA) is 35.8 Å². The number of hydrogen-bond donors (Lipinski definition) is 1. The molecule has 0 fully saturated rings. The summed E-state index contributed by atoms with van der Waals surface area (Å²) in [4.78, 5) is 0. The molecule has 0 heterocycles. The first-order chi connectivity index (χ1) is 9.01. The first kappa shape index (κ1) is 13.0. The molecule has 0 spiro atoms. The number of rotatable bonds is 2. The van der Waals surface area contributed by atoms with Crippen molar-refractivity contribution >= 4 is 11.4 Å². The van der Waals surface area contributed by atoms with Gasteiger partial charge in [-0.1, -0.05) is 0 Å². The summed E-state index contributed by atoms with van der Waals surface area (Å²) in [5, 5.41) is 11.1. The molecule has 2 nitrogen and oxygen atoms in total. The van der Waals surface area contributed by atoms with Crippen LogP contribution in [0.15, 0.2) is 30.3 Å². The average molecular weight is 262 g/mol. The Morgan fingerprint density at radius 2 is 1.63 bits per heavy atom. The largest absolute Gasteiger partial charge is 0.351 e. The van der Waals surface area contributed by atoms with Crippen LogP contribution in [0.3, 0.4) is 0 Å². The third kappa shape index (κ3) is 2.68. The van der Waals surface area contributed by atoms with Crippen LogP contribution in [0.25, 0.3) is 0 Å². The van der Waals surface area contributed by atoms with E-state index < -0.39 is 17.5 Å². The number of benzene rings is 2. The van der Waals surface area contributed by atoms with Crippen LogP contribution in [0.4, 0.5) is 24.5 Å². The van der Waals surface area contributed by atoms with Crippen molar-refractivity contribution in [2.24, 2.45) is 0 Å². The molecule has 96 valence electrons. The van der Waals surface area contributed by atoms with Crippen molar-refractivity contribution in [3.63, 3.8) is 0 Å². The van der Waals surface area contributed by atoms with Crippen LogP contribution in [0.1, 0.15) is 11.1 Å². The zero-order valence-electron chi connectivity index (χ0n) is 9.97. The van der Waals surface area contributed by atoms with Gasteiger partial charge in [-0.15, -0.1) is 0 Å². The molecule has 0 aliphatic heterocycles. The lowest BCUT2D eigenvalue weighted by Crippen LogP contribution is -1.99.